The largest absolute Gasteiger partial charge is 0.495 e. The van der Waals surface area contributed by atoms with Gasteiger partial charge in [-0.3, -0.25) is 4.79 Å². The Morgan fingerprint density at radius 1 is 1.42 bits per heavy atom. The fourth-order valence-corrected chi connectivity index (χ4v) is 5.01. The third kappa shape index (κ3) is 4.06. The van der Waals surface area contributed by atoms with Gasteiger partial charge in [-0.15, -0.1) is 12.4 Å². The van der Waals surface area contributed by atoms with Gasteiger partial charge in [0.25, 0.3) is 5.91 Å². The van der Waals surface area contributed by atoms with E-state index in [1.807, 2.05) is 0 Å². The van der Waals surface area contributed by atoms with Crippen molar-refractivity contribution < 1.29 is 22.7 Å². The first kappa shape index (κ1) is 20.8. The van der Waals surface area contributed by atoms with Crippen molar-refractivity contribution in [3.05, 3.63) is 12.1 Å². The molecule has 1 aromatic carbocycles. The lowest BCUT2D eigenvalue weighted by Crippen LogP contribution is -2.40. The van der Waals surface area contributed by atoms with Crippen molar-refractivity contribution in [2.24, 2.45) is 11.7 Å². The lowest BCUT2D eigenvalue weighted by molar-refractivity contribution is -0.118. The van der Waals surface area contributed by atoms with Crippen LogP contribution >= 0.6 is 12.4 Å². The maximum absolute atomic E-state index is 13.1. The van der Waals surface area contributed by atoms with Crippen LogP contribution in [-0.2, 0) is 14.8 Å². The average molecular weight is 406 g/mol. The first-order valence-electron chi connectivity index (χ1n) is 8.30. The highest BCUT2D eigenvalue weighted by Crippen LogP contribution is 2.39. The van der Waals surface area contributed by atoms with Gasteiger partial charge in [0.05, 0.1) is 12.8 Å². The monoisotopic (exact) mass is 405 g/mol. The van der Waals surface area contributed by atoms with Crippen molar-refractivity contribution in [1.82, 2.24) is 4.31 Å². The number of methoxy groups -OCH3 is 1. The summed E-state index contributed by atoms with van der Waals surface area (Å²) >= 11 is 0. The van der Waals surface area contributed by atoms with Gasteiger partial charge in [0.1, 0.15) is 16.4 Å². The molecule has 0 saturated carbocycles. The fourth-order valence-electron chi connectivity index (χ4n) is 3.30. The van der Waals surface area contributed by atoms with Gasteiger partial charge in [0.2, 0.25) is 10.0 Å². The molecule has 146 valence electrons. The number of halogens is 1. The van der Waals surface area contributed by atoms with Crippen LogP contribution in [0.25, 0.3) is 0 Å². The molecule has 0 aliphatic carbocycles. The Morgan fingerprint density at radius 2 is 2.19 bits per heavy atom. The molecular formula is C16H24ClN3O5S. The van der Waals surface area contributed by atoms with Crippen LogP contribution in [0.3, 0.4) is 0 Å². The number of nitrogens with zero attached hydrogens (tertiary/aromatic N) is 1. The maximum atomic E-state index is 13.1. The quantitative estimate of drug-likeness (QED) is 0.761. The Bertz CT molecular complexity index is 769. The molecule has 8 nitrogen and oxygen atoms in total. The summed E-state index contributed by atoms with van der Waals surface area (Å²) in [7, 11) is -2.33. The molecule has 0 aromatic heterocycles. The number of nitrogens with one attached hydrogen (secondary N) is 1. The second-order valence-electron chi connectivity index (χ2n) is 6.28. The molecule has 1 amide bonds. The van der Waals surface area contributed by atoms with E-state index in [2.05, 4.69) is 5.32 Å². The number of hydrogen-bond donors (Lipinski definition) is 2. The number of sulfonamides is 1. The summed E-state index contributed by atoms with van der Waals surface area (Å²) in [5.41, 5.74) is 6.03. The van der Waals surface area contributed by atoms with Gasteiger partial charge in [-0.2, -0.15) is 4.31 Å². The minimum absolute atomic E-state index is 0. The Hall–Kier alpha value is -1.55. The zero-order chi connectivity index (χ0) is 18.0. The third-order valence-electron chi connectivity index (χ3n) is 4.57. The van der Waals surface area contributed by atoms with E-state index < -0.39 is 10.0 Å². The highest BCUT2D eigenvalue weighted by atomic mass is 35.5. The number of carbonyl (C=O) groups excluding carboxylic acids is 1. The van der Waals surface area contributed by atoms with Crippen molar-refractivity contribution in [2.45, 2.75) is 24.2 Å². The van der Waals surface area contributed by atoms with Crippen LogP contribution in [0, 0.1) is 5.92 Å². The first-order valence-corrected chi connectivity index (χ1v) is 9.74. The Balaban J connectivity index is 0.00000243. The van der Waals surface area contributed by atoms with Gasteiger partial charge in [-0.25, -0.2) is 8.42 Å². The molecule has 1 unspecified atom stereocenters. The van der Waals surface area contributed by atoms with Crippen molar-refractivity contribution >= 4 is 34.0 Å². The van der Waals surface area contributed by atoms with Gasteiger partial charge in [0.15, 0.2) is 6.61 Å². The molecule has 2 aliphatic heterocycles. The van der Waals surface area contributed by atoms with Crippen molar-refractivity contribution in [1.29, 1.82) is 0 Å². The van der Waals surface area contributed by atoms with Crippen LogP contribution in [0.4, 0.5) is 5.69 Å². The van der Waals surface area contributed by atoms with Crippen LogP contribution in [0.1, 0.15) is 19.3 Å². The molecule has 3 rings (SSSR count). The Morgan fingerprint density at radius 3 is 2.88 bits per heavy atom. The van der Waals surface area contributed by atoms with Crippen LogP contribution in [0.15, 0.2) is 17.0 Å². The minimum atomic E-state index is -3.73. The predicted octanol–water partition coefficient (Wildman–Crippen LogP) is 1.20. The van der Waals surface area contributed by atoms with E-state index in [0.29, 0.717) is 31.1 Å². The van der Waals surface area contributed by atoms with Gasteiger partial charge in [0, 0.05) is 25.2 Å². The lowest BCUT2D eigenvalue weighted by Gasteiger charge is -2.32. The molecule has 0 spiro atoms. The van der Waals surface area contributed by atoms with Crippen LogP contribution in [-0.4, -0.2) is 52.0 Å². The molecular weight excluding hydrogens is 382 g/mol. The SMILES string of the molecule is COc1cc2c(cc1S(=O)(=O)N1CCCC(CCN)C1)OCC(=O)N2.Cl. The topological polar surface area (TPSA) is 111 Å². The smallest absolute Gasteiger partial charge is 0.262 e. The highest BCUT2D eigenvalue weighted by Gasteiger charge is 2.33. The number of carbonyl (C=O) groups is 1. The number of anilines is 1. The van der Waals surface area contributed by atoms with E-state index in [-0.39, 0.29) is 41.5 Å². The first-order chi connectivity index (χ1) is 12.0. The number of amides is 1. The zero-order valence-electron chi connectivity index (χ0n) is 14.6. The van der Waals surface area contributed by atoms with Crippen molar-refractivity contribution in [3.63, 3.8) is 0 Å². The van der Waals surface area contributed by atoms with Gasteiger partial charge in [-0.05, 0) is 31.7 Å². The summed E-state index contributed by atoms with van der Waals surface area (Å²) in [5.74, 6) is 0.499. The molecule has 1 fully saturated rings. The molecule has 0 bridgehead atoms. The second kappa shape index (κ2) is 8.43. The maximum Gasteiger partial charge on any atom is 0.262 e. The van der Waals surface area contributed by atoms with E-state index in [4.69, 9.17) is 15.2 Å². The summed E-state index contributed by atoms with van der Waals surface area (Å²) in [5, 5.41) is 2.65. The lowest BCUT2D eigenvalue weighted by atomic mass is 9.96. The van der Waals surface area contributed by atoms with E-state index >= 15 is 0 Å². The summed E-state index contributed by atoms with van der Waals surface area (Å²) in [6.07, 6.45) is 2.60. The molecule has 2 aliphatic rings. The van der Waals surface area contributed by atoms with Gasteiger partial charge in [-0.1, -0.05) is 0 Å². The van der Waals surface area contributed by atoms with E-state index in [1.165, 1.54) is 23.5 Å². The van der Waals surface area contributed by atoms with Gasteiger partial charge >= 0.3 is 0 Å². The fraction of sp³-hybridized carbons (Fsp3) is 0.562. The number of piperidine rings is 1. The number of fused-ring (bicyclic) bond motifs is 1. The summed E-state index contributed by atoms with van der Waals surface area (Å²) in [6.45, 7) is 1.34. The number of hydrogen-bond acceptors (Lipinski definition) is 6. The zero-order valence-corrected chi connectivity index (χ0v) is 16.2. The Kier molecular flexibility index (Phi) is 6.73. The van der Waals surface area contributed by atoms with E-state index in [1.54, 1.807) is 0 Å². The number of rotatable bonds is 5. The molecule has 3 N–H and O–H groups in total. The van der Waals surface area contributed by atoms with Crippen molar-refractivity contribution in [2.75, 3.05) is 38.7 Å². The van der Waals surface area contributed by atoms with Crippen LogP contribution < -0.4 is 20.5 Å². The van der Waals surface area contributed by atoms with Crippen molar-refractivity contribution in [3.8, 4) is 11.5 Å². The molecule has 0 radical (unpaired) electrons. The second-order valence-corrected chi connectivity index (χ2v) is 8.19. The third-order valence-corrected chi connectivity index (χ3v) is 6.46. The number of benzene rings is 1. The summed E-state index contributed by atoms with van der Waals surface area (Å²) in [6, 6.07) is 2.91. The molecule has 1 saturated heterocycles. The standard InChI is InChI=1S/C16H23N3O5S.ClH/c1-23-14-7-12-13(24-10-16(20)18-12)8-15(14)25(21,22)19-6-2-3-11(9-19)4-5-17;/h7-8,11H,2-6,9-10,17H2,1H3,(H,18,20);1H. The minimum Gasteiger partial charge on any atom is -0.495 e. The van der Waals surface area contributed by atoms with E-state index in [9.17, 15) is 13.2 Å². The summed E-state index contributed by atoms with van der Waals surface area (Å²) in [4.78, 5) is 11.5. The predicted molar refractivity (Wildman–Crippen MR) is 99.5 cm³/mol. The molecule has 26 heavy (non-hydrogen) atoms. The van der Waals surface area contributed by atoms with E-state index in [0.717, 1.165) is 19.3 Å². The number of nitrogens with two attached hydrogens (primary N) is 1. The molecule has 1 aromatic rings. The average Bonchev–Trinajstić information content (AvgIpc) is 2.61. The highest BCUT2D eigenvalue weighted by molar-refractivity contribution is 7.89. The summed E-state index contributed by atoms with van der Waals surface area (Å²) < 4.78 is 38.4. The van der Waals surface area contributed by atoms with Crippen LogP contribution in [0.2, 0.25) is 0 Å². The molecule has 2 heterocycles. The normalized spacial score (nSPS) is 20.4. The van der Waals surface area contributed by atoms with Gasteiger partial charge < -0.3 is 20.5 Å². The molecule has 1 atom stereocenters. The Labute approximate surface area is 159 Å². The molecule has 10 heteroatoms. The number of ether oxygens (including phenoxy) is 2. The van der Waals surface area contributed by atoms with Crippen LogP contribution in [0.5, 0.6) is 11.5 Å².